The maximum absolute atomic E-state index is 6.12. The second-order valence-electron chi connectivity index (χ2n) is 5.43. The van der Waals surface area contributed by atoms with Gasteiger partial charge in [-0.2, -0.15) is 0 Å². The normalized spacial score (nSPS) is 12.8. The van der Waals surface area contributed by atoms with Crippen molar-refractivity contribution in [3.05, 3.63) is 54.1 Å². The van der Waals surface area contributed by atoms with E-state index in [1.807, 2.05) is 6.92 Å². The Balaban J connectivity index is 2.40. The molecule has 2 aromatic carbocycles. The molecule has 0 heterocycles. The van der Waals surface area contributed by atoms with Crippen LogP contribution in [0.3, 0.4) is 0 Å². The third-order valence-electron chi connectivity index (χ3n) is 2.71. The van der Waals surface area contributed by atoms with Gasteiger partial charge in [-0.3, -0.25) is 0 Å². The largest absolute Gasteiger partial charge is 0.544 e. The molecule has 0 atom stereocenters. The molecule has 0 saturated heterocycles. The van der Waals surface area contributed by atoms with Crippen LogP contribution < -0.4 is 0 Å². The summed E-state index contributed by atoms with van der Waals surface area (Å²) in [4.78, 5) is 0. The van der Waals surface area contributed by atoms with Gasteiger partial charge in [-0.1, -0.05) is 36.4 Å². The molecule has 0 radical (unpaired) electrons. The average Bonchev–Trinajstić information content (AvgIpc) is 2.34. The molecule has 0 fully saturated rings. The molecule has 0 spiro atoms. The van der Waals surface area contributed by atoms with Crippen molar-refractivity contribution in [2.45, 2.75) is 26.6 Å². The van der Waals surface area contributed by atoms with E-state index < -0.39 is 8.32 Å². The van der Waals surface area contributed by atoms with Gasteiger partial charge >= 0.3 is 0 Å². The van der Waals surface area contributed by atoms with Gasteiger partial charge in [0.25, 0.3) is 0 Å². The number of allylic oxidation sites excluding steroid dienone is 1. The van der Waals surface area contributed by atoms with Gasteiger partial charge in [0.1, 0.15) is 5.76 Å². The molecule has 2 heteroatoms. The molecule has 0 aromatic heterocycles. The molecule has 0 aliphatic heterocycles. The third-order valence-corrected chi connectivity index (χ3v) is 3.54. The van der Waals surface area contributed by atoms with E-state index in [-0.39, 0.29) is 0 Å². The van der Waals surface area contributed by atoms with E-state index in [4.69, 9.17) is 4.43 Å². The summed E-state index contributed by atoms with van der Waals surface area (Å²) >= 11 is 0. The number of hydrogen-bond donors (Lipinski definition) is 0. The predicted molar refractivity (Wildman–Crippen MR) is 82.0 cm³/mol. The van der Waals surface area contributed by atoms with Crippen molar-refractivity contribution in [1.29, 1.82) is 0 Å². The molecule has 0 saturated carbocycles. The lowest BCUT2D eigenvalue weighted by atomic mass is 10.1. The smallest absolute Gasteiger partial charge is 0.242 e. The van der Waals surface area contributed by atoms with E-state index in [0.29, 0.717) is 0 Å². The zero-order valence-corrected chi connectivity index (χ0v) is 12.5. The van der Waals surface area contributed by atoms with E-state index in [1.54, 1.807) is 0 Å². The molecule has 18 heavy (non-hydrogen) atoms. The fourth-order valence-corrected chi connectivity index (χ4v) is 2.85. The van der Waals surface area contributed by atoms with Crippen LogP contribution in [0.2, 0.25) is 19.6 Å². The Bertz CT molecular complexity index is 579. The Morgan fingerprint density at radius 1 is 1.00 bits per heavy atom. The number of benzene rings is 2. The summed E-state index contributed by atoms with van der Waals surface area (Å²) in [5.41, 5.74) is 1.17. The highest BCUT2D eigenvalue weighted by Gasteiger charge is 2.18. The van der Waals surface area contributed by atoms with Crippen LogP contribution in [0.1, 0.15) is 12.5 Å². The highest BCUT2D eigenvalue weighted by atomic mass is 28.4. The minimum absolute atomic E-state index is 1.000. The predicted octanol–water partition coefficient (Wildman–Crippen LogP) is 5.05. The van der Waals surface area contributed by atoms with Gasteiger partial charge in [0.05, 0.1) is 0 Å². The maximum atomic E-state index is 6.12. The van der Waals surface area contributed by atoms with Crippen LogP contribution >= 0.6 is 0 Å². The van der Waals surface area contributed by atoms with Crippen LogP contribution in [0.15, 0.2) is 48.5 Å². The number of hydrogen-bond acceptors (Lipinski definition) is 1. The first-order valence-electron chi connectivity index (χ1n) is 6.34. The Morgan fingerprint density at radius 2 is 1.67 bits per heavy atom. The lowest BCUT2D eigenvalue weighted by Gasteiger charge is -2.22. The van der Waals surface area contributed by atoms with E-state index in [2.05, 4.69) is 68.2 Å². The zero-order valence-electron chi connectivity index (χ0n) is 11.5. The molecule has 0 N–H and O–H groups in total. The molecule has 1 nitrogen and oxygen atoms in total. The van der Waals surface area contributed by atoms with Gasteiger partial charge in [0, 0.05) is 5.56 Å². The first-order valence-corrected chi connectivity index (χ1v) is 9.75. The number of rotatable bonds is 3. The van der Waals surface area contributed by atoms with E-state index in [0.717, 1.165) is 5.76 Å². The van der Waals surface area contributed by atoms with Gasteiger partial charge in [0.15, 0.2) is 0 Å². The fraction of sp³-hybridized carbons (Fsp3) is 0.250. The molecule has 0 amide bonds. The second-order valence-corrected chi connectivity index (χ2v) is 9.86. The highest BCUT2D eigenvalue weighted by Crippen LogP contribution is 2.24. The van der Waals surface area contributed by atoms with Gasteiger partial charge in [-0.15, -0.1) is 0 Å². The quantitative estimate of drug-likeness (QED) is 0.551. The summed E-state index contributed by atoms with van der Waals surface area (Å²) in [6.07, 6.45) is 2.06. The van der Waals surface area contributed by atoms with Gasteiger partial charge in [-0.25, -0.2) is 0 Å². The van der Waals surface area contributed by atoms with Gasteiger partial charge < -0.3 is 4.43 Å². The molecule has 2 rings (SSSR count). The van der Waals surface area contributed by atoms with Crippen molar-refractivity contribution in [2.75, 3.05) is 0 Å². The van der Waals surface area contributed by atoms with E-state index >= 15 is 0 Å². The SMILES string of the molecule is C/C=C(\O[Si](C)(C)C)c1ccc2ccccc2c1. The Morgan fingerprint density at radius 3 is 2.28 bits per heavy atom. The maximum Gasteiger partial charge on any atom is 0.242 e. The number of fused-ring (bicyclic) bond motifs is 1. The summed E-state index contributed by atoms with van der Waals surface area (Å²) in [6, 6.07) is 14.9. The highest BCUT2D eigenvalue weighted by molar-refractivity contribution is 6.70. The molecular weight excluding hydrogens is 236 g/mol. The molecule has 0 unspecified atom stereocenters. The molecule has 0 aliphatic rings. The lowest BCUT2D eigenvalue weighted by molar-refractivity contribution is 0.514. The Kier molecular flexibility index (Phi) is 3.57. The third kappa shape index (κ3) is 3.02. The van der Waals surface area contributed by atoms with Crippen LogP contribution in [0.25, 0.3) is 16.5 Å². The first-order chi connectivity index (χ1) is 8.49. The molecule has 2 aromatic rings. The average molecular weight is 256 g/mol. The standard InChI is InChI=1S/C16H20OSi/c1-5-16(17-18(2,3)4)15-11-10-13-8-6-7-9-14(13)12-15/h5-12H,1-4H3/b16-5-. The van der Waals surface area contributed by atoms with Crippen LogP contribution in [0, 0.1) is 0 Å². The van der Waals surface area contributed by atoms with Crippen molar-refractivity contribution >= 4 is 24.8 Å². The van der Waals surface area contributed by atoms with Crippen LogP contribution in [0.4, 0.5) is 0 Å². The van der Waals surface area contributed by atoms with Crippen molar-refractivity contribution < 1.29 is 4.43 Å². The van der Waals surface area contributed by atoms with Crippen molar-refractivity contribution in [2.24, 2.45) is 0 Å². The van der Waals surface area contributed by atoms with Crippen molar-refractivity contribution in [3.8, 4) is 0 Å². The summed E-state index contributed by atoms with van der Waals surface area (Å²) in [5.74, 6) is 1.000. The molecular formula is C16H20OSi. The summed E-state index contributed by atoms with van der Waals surface area (Å²) in [5, 5.41) is 2.53. The van der Waals surface area contributed by atoms with Crippen molar-refractivity contribution in [3.63, 3.8) is 0 Å². The monoisotopic (exact) mass is 256 g/mol. The Hall–Kier alpha value is -1.54. The second kappa shape index (κ2) is 4.98. The van der Waals surface area contributed by atoms with Crippen LogP contribution in [-0.2, 0) is 4.43 Å². The molecule has 0 aliphatic carbocycles. The van der Waals surface area contributed by atoms with Crippen molar-refractivity contribution in [1.82, 2.24) is 0 Å². The summed E-state index contributed by atoms with van der Waals surface area (Å²) in [7, 11) is -1.56. The Labute approximate surface area is 110 Å². The summed E-state index contributed by atoms with van der Waals surface area (Å²) < 4.78 is 6.12. The zero-order chi connectivity index (χ0) is 13.2. The van der Waals surface area contributed by atoms with E-state index in [9.17, 15) is 0 Å². The minimum Gasteiger partial charge on any atom is -0.544 e. The molecule has 0 bridgehead atoms. The summed E-state index contributed by atoms with van der Waals surface area (Å²) in [6.45, 7) is 8.65. The lowest BCUT2D eigenvalue weighted by Crippen LogP contribution is -2.24. The van der Waals surface area contributed by atoms with Gasteiger partial charge in [-0.05, 0) is 49.5 Å². The van der Waals surface area contributed by atoms with Gasteiger partial charge in [0.2, 0.25) is 8.32 Å². The van der Waals surface area contributed by atoms with E-state index in [1.165, 1.54) is 16.3 Å². The minimum atomic E-state index is -1.56. The van der Waals surface area contributed by atoms with Crippen LogP contribution in [0.5, 0.6) is 0 Å². The van der Waals surface area contributed by atoms with Crippen LogP contribution in [-0.4, -0.2) is 8.32 Å². The topological polar surface area (TPSA) is 9.23 Å². The first kappa shape index (κ1) is 12.9. The fourth-order valence-electron chi connectivity index (χ4n) is 1.96. The molecule has 94 valence electrons.